The lowest BCUT2D eigenvalue weighted by Crippen LogP contribution is -2.36. The molecule has 0 aliphatic heterocycles. The second-order valence-corrected chi connectivity index (χ2v) is 9.08. The summed E-state index contributed by atoms with van der Waals surface area (Å²) in [5.41, 5.74) is 1.59. The number of carbonyl (C=O) groups is 2. The molecule has 38 heavy (non-hydrogen) atoms. The highest BCUT2D eigenvalue weighted by atomic mass is 19.4. The highest BCUT2D eigenvalue weighted by Crippen LogP contribution is 2.31. The number of benzene rings is 1. The topological polar surface area (TPSA) is 106 Å². The lowest BCUT2D eigenvalue weighted by atomic mass is 9.89. The zero-order chi connectivity index (χ0) is 27.3. The third-order valence-electron chi connectivity index (χ3n) is 6.33. The van der Waals surface area contributed by atoms with Gasteiger partial charge in [0, 0.05) is 24.5 Å². The molecule has 1 aromatic carbocycles. The maximum atomic E-state index is 12.7. The number of amides is 1. The maximum Gasteiger partial charge on any atom is 0.417 e. The van der Waals surface area contributed by atoms with Crippen LogP contribution in [0, 0.1) is 0 Å². The molecular weight excluding hydrogens is 501 g/mol. The van der Waals surface area contributed by atoms with Gasteiger partial charge in [0.05, 0.1) is 17.3 Å². The second-order valence-electron chi connectivity index (χ2n) is 9.08. The summed E-state index contributed by atoms with van der Waals surface area (Å²) in [4.78, 5) is 27.7. The fraction of sp³-hybridized carbons (Fsp3) is 0.333. The smallest absolute Gasteiger partial charge is 0.417 e. The second kappa shape index (κ2) is 11.5. The van der Waals surface area contributed by atoms with Crippen LogP contribution in [0.1, 0.15) is 66.6 Å². The minimum Gasteiger partial charge on any atom is -0.480 e. The SMILES string of the molecule is CCC(C(=O)O)n1cc(C(=O)NC2CCC(=Cc3cccc(Oc4ccc(C(F)(F)F)cn4)c3)CC2)cn1. The molecule has 8 nitrogen and oxygen atoms in total. The van der Waals surface area contributed by atoms with E-state index in [1.54, 1.807) is 25.1 Å². The summed E-state index contributed by atoms with van der Waals surface area (Å²) in [6.45, 7) is 1.74. The van der Waals surface area contributed by atoms with Crippen LogP contribution in [0.5, 0.6) is 11.6 Å². The largest absolute Gasteiger partial charge is 0.480 e. The monoisotopic (exact) mass is 528 g/mol. The summed E-state index contributed by atoms with van der Waals surface area (Å²) in [5.74, 6) is -0.753. The summed E-state index contributed by atoms with van der Waals surface area (Å²) in [5, 5.41) is 16.3. The third kappa shape index (κ3) is 6.78. The van der Waals surface area contributed by atoms with Crippen molar-refractivity contribution in [3.63, 3.8) is 0 Å². The first kappa shape index (κ1) is 26.9. The first-order valence-corrected chi connectivity index (χ1v) is 12.2. The van der Waals surface area contributed by atoms with Crippen molar-refractivity contribution in [2.75, 3.05) is 0 Å². The summed E-state index contributed by atoms with van der Waals surface area (Å²) >= 11 is 0. The van der Waals surface area contributed by atoms with Crippen molar-refractivity contribution in [3.05, 3.63) is 77.3 Å². The van der Waals surface area contributed by atoms with Crippen molar-refractivity contribution < 1.29 is 32.6 Å². The molecule has 0 bridgehead atoms. The first-order chi connectivity index (χ1) is 18.1. The Kier molecular flexibility index (Phi) is 8.13. The predicted molar refractivity (Wildman–Crippen MR) is 133 cm³/mol. The van der Waals surface area contributed by atoms with Gasteiger partial charge in [-0.15, -0.1) is 0 Å². The van der Waals surface area contributed by atoms with E-state index in [2.05, 4.69) is 15.4 Å². The molecule has 1 fully saturated rings. The molecule has 1 amide bonds. The Balaban J connectivity index is 1.31. The van der Waals surface area contributed by atoms with Crippen LogP contribution in [0.15, 0.2) is 60.6 Å². The van der Waals surface area contributed by atoms with E-state index in [1.165, 1.54) is 28.7 Å². The van der Waals surface area contributed by atoms with Crippen molar-refractivity contribution in [2.24, 2.45) is 0 Å². The van der Waals surface area contributed by atoms with Gasteiger partial charge in [0.15, 0.2) is 0 Å². The van der Waals surface area contributed by atoms with E-state index in [1.807, 2.05) is 12.1 Å². The van der Waals surface area contributed by atoms with Gasteiger partial charge in [-0.05, 0) is 55.9 Å². The van der Waals surface area contributed by atoms with Gasteiger partial charge in [-0.25, -0.2) is 9.78 Å². The average molecular weight is 529 g/mol. The molecule has 3 aromatic rings. The summed E-state index contributed by atoms with van der Waals surface area (Å²) in [6, 6.07) is 8.49. The van der Waals surface area contributed by atoms with Crippen LogP contribution in [-0.2, 0) is 11.0 Å². The molecule has 0 radical (unpaired) electrons. The van der Waals surface area contributed by atoms with Crippen LogP contribution >= 0.6 is 0 Å². The number of nitrogens with one attached hydrogen (secondary N) is 1. The molecule has 1 aliphatic rings. The quantitative estimate of drug-likeness (QED) is 0.378. The number of ether oxygens (including phenoxy) is 1. The number of alkyl halides is 3. The Hall–Kier alpha value is -4.15. The molecule has 1 unspecified atom stereocenters. The van der Waals surface area contributed by atoms with E-state index in [9.17, 15) is 27.9 Å². The van der Waals surface area contributed by atoms with Crippen molar-refractivity contribution in [3.8, 4) is 11.6 Å². The molecular formula is C27H27F3N4O4. The van der Waals surface area contributed by atoms with Crippen molar-refractivity contribution in [1.29, 1.82) is 0 Å². The van der Waals surface area contributed by atoms with Crippen LogP contribution < -0.4 is 10.1 Å². The fourth-order valence-corrected chi connectivity index (χ4v) is 4.28. The van der Waals surface area contributed by atoms with Crippen molar-refractivity contribution >= 4 is 18.0 Å². The van der Waals surface area contributed by atoms with Crippen molar-refractivity contribution in [2.45, 2.75) is 57.3 Å². The molecule has 11 heteroatoms. The van der Waals surface area contributed by atoms with Gasteiger partial charge in [-0.3, -0.25) is 9.48 Å². The number of rotatable bonds is 8. The number of carbonyl (C=O) groups excluding carboxylic acids is 1. The number of halogens is 3. The van der Waals surface area contributed by atoms with Crippen LogP contribution in [0.25, 0.3) is 6.08 Å². The number of nitrogens with zero attached hydrogens (tertiary/aromatic N) is 3. The number of hydrogen-bond donors (Lipinski definition) is 2. The first-order valence-electron chi connectivity index (χ1n) is 12.2. The van der Waals surface area contributed by atoms with E-state index in [0.717, 1.165) is 43.5 Å². The predicted octanol–water partition coefficient (Wildman–Crippen LogP) is 5.88. The third-order valence-corrected chi connectivity index (χ3v) is 6.33. The summed E-state index contributed by atoms with van der Waals surface area (Å²) in [6.07, 6.45) is 4.60. The lowest BCUT2D eigenvalue weighted by Gasteiger charge is -2.25. The van der Waals surface area contributed by atoms with Gasteiger partial charge >= 0.3 is 12.1 Å². The Morgan fingerprint density at radius 2 is 1.97 bits per heavy atom. The molecule has 2 heterocycles. The normalized spacial score (nSPS) is 16.5. The highest BCUT2D eigenvalue weighted by molar-refractivity contribution is 5.94. The van der Waals surface area contributed by atoms with Crippen LogP contribution in [0.3, 0.4) is 0 Å². The van der Waals surface area contributed by atoms with Crippen LogP contribution in [0.4, 0.5) is 13.2 Å². The molecule has 1 saturated carbocycles. The number of aliphatic carboxylic acids is 1. The van der Waals surface area contributed by atoms with Gasteiger partial charge in [0.2, 0.25) is 5.88 Å². The summed E-state index contributed by atoms with van der Waals surface area (Å²) < 4.78 is 45.1. The molecule has 2 N–H and O–H groups in total. The molecule has 1 atom stereocenters. The number of aromatic nitrogens is 3. The minimum absolute atomic E-state index is 0.00939. The molecule has 0 saturated heterocycles. The summed E-state index contributed by atoms with van der Waals surface area (Å²) in [7, 11) is 0. The Labute approximate surface area is 217 Å². The lowest BCUT2D eigenvalue weighted by molar-refractivity contribution is -0.141. The Morgan fingerprint density at radius 3 is 2.61 bits per heavy atom. The minimum atomic E-state index is -4.46. The van der Waals surface area contributed by atoms with E-state index in [-0.39, 0.29) is 17.8 Å². The van der Waals surface area contributed by atoms with Gasteiger partial charge in [0.1, 0.15) is 11.8 Å². The molecule has 0 spiro atoms. The molecule has 2 aromatic heterocycles. The Bertz CT molecular complexity index is 1310. The fourth-order valence-electron chi connectivity index (χ4n) is 4.28. The van der Waals surface area contributed by atoms with Gasteiger partial charge in [-0.1, -0.05) is 30.7 Å². The van der Waals surface area contributed by atoms with E-state index in [4.69, 9.17) is 4.74 Å². The number of hydrogen-bond acceptors (Lipinski definition) is 5. The molecule has 1 aliphatic carbocycles. The number of pyridine rings is 1. The number of carboxylic acid groups (broad SMARTS) is 1. The molecule has 4 rings (SSSR count). The zero-order valence-corrected chi connectivity index (χ0v) is 20.6. The van der Waals surface area contributed by atoms with E-state index < -0.39 is 23.8 Å². The number of allylic oxidation sites excluding steroid dienone is 1. The van der Waals surface area contributed by atoms with E-state index >= 15 is 0 Å². The van der Waals surface area contributed by atoms with E-state index in [0.29, 0.717) is 17.7 Å². The van der Waals surface area contributed by atoms with Gasteiger partial charge in [0.25, 0.3) is 5.91 Å². The molecule has 200 valence electrons. The van der Waals surface area contributed by atoms with Crippen molar-refractivity contribution in [1.82, 2.24) is 20.1 Å². The standard InChI is InChI=1S/C27H27F3N4O4/c1-2-23(26(36)37)34-16-19(14-32-34)25(35)33-21-9-6-17(7-10-21)12-18-4-3-5-22(13-18)38-24-11-8-20(15-31-24)27(28,29)30/h3-5,8,11-16,21,23H,2,6-7,9-10H2,1H3,(H,33,35)(H,36,37). The highest BCUT2D eigenvalue weighted by Gasteiger charge is 2.30. The Morgan fingerprint density at radius 1 is 1.21 bits per heavy atom. The average Bonchev–Trinajstić information content (AvgIpc) is 3.35. The zero-order valence-electron chi connectivity index (χ0n) is 20.6. The maximum absolute atomic E-state index is 12.7. The number of carboxylic acids is 1. The van der Waals surface area contributed by atoms with Gasteiger partial charge in [-0.2, -0.15) is 18.3 Å². The van der Waals surface area contributed by atoms with Gasteiger partial charge < -0.3 is 15.2 Å². The van der Waals surface area contributed by atoms with Crippen LogP contribution in [-0.4, -0.2) is 37.8 Å². The van der Waals surface area contributed by atoms with Crippen LogP contribution in [0.2, 0.25) is 0 Å².